The Hall–Kier alpha value is -5.67. The summed E-state index contributed by atoms with van der Waals surface area (Å²) in [4.78, 5) is 7.09. The monoisotopic (exact) mass is 605 g/mol. The van der Waals surface area contributed by atoms with Gasteiger partial charge in [0.25, 0.3) is 0 Å². The Labute approximate surface area is 275 Å². The van der Waals surface area contributed by atoms with Gasteiger partial charge in [0.1, 0.15) is 5.82 Å². The first-order chi connectivity index (χ1) is 23.1. The topological polar surface area (TPSA) is 21.1 Å². The van der Waals surface area contributed by atoms with Crippen LogP contribution < -0.4 is 4.90 Å². The van der Waals surface area contributed by atoms with Crippen molar-refractivity contribution in [3.63, 3.8) is 0 Å². The molecule has 2 atom stereocenters. The third-order valence-electron chi connectivity index (χ3n) is 10.3. The van der Waals surface area contributed by atoms with Crippen molar-refractivity contribution in [2.24, 2.45) is 5.92 Å². The SMILES string of the molecule is CC1(C)c2cc(N(c3ccc(-c4ccc5c(c4)c4ccccc4n5-c4ccccc4)cc3)c3ccccn3)ccc2C2C=CC=CC21. The van der Waals surface area contributed by atoms with Gasteiger partial charge in [0.05, 0.1) is 11.0 Å². The Balaban J connectivity index is 1.12. The smallest absolute Gasteiger partial charge is 0.137 e. The van der Waals surface area contributed by atoms with Gasteiger partial charge in [0.15, 0.2) is 0 Å². The molecular weight excluding hydrogens is 571 g/mol. The van der Waals surface area contributed by atoms with E-state index in [-0.39, 0.29) is 5.41 Å². The Morgan fingerprint density at radius 2 is 1.34 bits per heavy atom. The van der Waals surface area contributed by atoms with Crippen LogP contribution in [0.4, 0.5) is 17.2 Å². The van der Waals surface area contributed by atoms with E-state index in [2.05, 4.69) is 175 Å². The van der Waals surface area contributed by atoms with E-state index in [0.29, 0.717) is 11.8 Å². The number of aromatic nitrogens is 2. The molecule has 2 aliphatic carbocycles. The van der Waals surface area contributed by atoms with Crippen LogP contribution in [0.15, 0.2) is 164 Å². The average Bonchev–Trinajstić information content (AvgIpc) is 3.58. The predicted octanol–water partition coefficient (Wildman–Crippen LogP) is 11.4. The van der Waals surface area contributed by atoms with Crippen molar-refractivity contribution >= 4 is 39.0 Å². The highest BCUT2D eigenvalue weighted by Gasteiger charge is 2.44. The molecule has 0 radical (unpaired) electrons. The van der Waals surface area contributed by atoms with Crippen LogP contribution >= 0.6 is 0 Å². The van der Waals surface area contributed by atoms with Crippen LogP contribution in [0.5, 0.6) is 0 Å². The summed E-state index contributed by atoms with van der Waals surface area (Å²) < 4.78 is 2.36. The molecule has 0 amide bonds. The molecular formula is C44H35N3. The number of allylic oxidation sites excluding steroid dienone is 4. The number of hydrogen-bond donors (Lipinski definition) is 0. The highest BCUT2D eigenvalue weighted by Crippen LogP contribution is 2.54. The zero-order valence-electron chi connectivity index (χ0n) is 26.6. The quantitative estimate of drug-likeness (QED) is 0.195. The number of hydrogen-bond acceptors (Lipinski definition) is 2. The average molecular weight is 606 g/mol. The van der Waals surface area contributed by atoms with E-state index in [1.165, 1.54) is 49.7 Å². The number of pyridine rings is 1. The Kier molecular flexibility index (Phi) is 6.29. The molecule has 0 saturated carbocycles. The van der Waals surface area contributed by atoms with E-state index in [1.807, 2.05) is 12.3 Å². The molecule has 0 bridgehead atoms. The maximum absolute atomic E-state index is 4.81. The largest absolute Gasteiger partial charge is 0.309 e. The van der Waals surface area contributed by atoms with Crippen LogP contribution in [0.25, 0.3) is 38.6 Å². The van der Waals surface area contributed by atoms with Gasteiger partial charge in [-0.3, -0.25) is 4.90 Å². The minimum absolute atomic E-state index is 0.0409. The highest BCUT2D eigenvalue weighted by molar-refractivity contribution is 6.10. The molecule has 9 rings (SSSR count). The van der Waals surface area contributed by atoms with Crippen LogP contribution in [0.2, 0.25) is 0 Å². The molecule has 2 heterocycles. The Morgan fingerprint density at radius 1 is 0.617 bits per heavy atom. The van der Waals surface area contributed by atoms with Gasteiger partial charge in [0, 0.05) is 39.9 Å². The minimum atomic E-state index is 0.0409. The zero-order valence-corrected chi connectivity index (χ0v) is 26.6. The number of benzene rings is 5. The third-order valence-corrected chi connectivity index (χ3v) is 10.3. The highest BCUT2D eigenvalue weighted by atomic mass is 15.2. The Bertz CT molecular complexity index is 2330. The van der Waals surface area contributed by atoms with E-state index in [1.54, 1.807) is 0 Å². The summed E-state index contributed by atoms with van der Waals surface area (Å²) in [5, 5.41) is 2.52. The number of rotatable bonds is 5. The van der Waals surface area contributed by atoms with Crippen molar-refractivity contribution < 1.29 is 0 Å². The second-order valence-electron chi connectivity index (χ2n) is 13.3. The maximum Gasteiger partial charge on any atom is 0.137 e. The minimum Gasteiger partial charge on any atom is -0.309 e. The number of fused-ring (bicyclic) bond motifs is 6. The van der Waals surface area contributed by atoms with Crippen LogP contribution in [-0.4, -0.2) is 9.55 Å². The van der Waals surface area contributed by atoms with Gasteiger partial charge < -0.3 is 4.57 Å². The zero-order chi connectivity index (χ0) is 31.5. The van der Waals surface area contributed by atoms with Gasteiger partial charge in [-0.1, -0.05) is 105 Å². The van der Waals surface area contributed by atoms with Crippen LogP contribution in [0.3, 0.4) is 0 Å². The lowest BCUT2D eigenvalue weighted by Gasteiger charge is -2.30. The van der Waals surface area contributed by atoms with Gasteiger partial charge in [-0.05, 0) is 100 Å². The van der Waals surface area contributed by atoms with Crippen LogP contribution in [0, 0.1) is 5.92 Å². The van der Waals surface area contributed by atoms with Crippen molar-refractivity contribution in [3.8, 4) is 16.8 Å². The lowest BCUT2D eigenvalue weighted by Crippen LogP contribution is -2.24. The summed E-state index contributed by atoms with van der Waals surface area (Å²) in [6.45, 7) is 4.77. The molecule has 7 aromatic rings. The number of nitrogens with zero attached hydrogens (tertiary/aromatic N) is 3. The molecule has 226 valence electrons. The summed E-state index contributed by atoms with van der Waals surface area (Å²) in [5.74, 6) is 1.81. The molecule has 0 spiro atoms. The van der Waals surface area contributed by atoms with Crippen molar-refractivity contribution in [3.05, 3.63) is 175 Å². The van der Waals surface area contributed by atoms with Crippen LogP contribution in [0.1, 0.15) is 30.9 Å². The summed E-state index contributed by atoms with van der Waals surface area (Å²) in [7, 11) is 0. The van der Waals surface area contributed by atoms with Crippen molar-refractivity contribution in [1.29, 1.82) is 0 Å². The first kappa shape index (κ1) is 27.6. The third kappa shape index (κ3) is 4.38. The molecule has 3 heteroatoms. The van der Waals surface area contributed by atoms with Crippen molar-refractivity contribution in [1.82, 2.24) is 9.55 Å². The Morgan fingerprint density at radius 3 is 2.17 bits per heavy atom. The summed E-state index contributed by atoms with van der Waals surface area (Å²) >= 11 is 0. The normalized spacial score (nSPS) is 17.6. The summed E-state index contributed by atoms with van der Waals surface area (Å²) in [5.41, 5.74) is 11.1. The molecule has 2 aromatic heterocycles. The fraction of sp³-hybridized carbons (Fsp3) is 0.114. The standard InChI is InChI=1S/C44H35N3/c1-44(2)39-16-8-6-14-35(39)36-25-24-34(29-40(36)44)46(43-18-10-11-27-45-43)33-22-19-30(20-23-33)31-21-26-42-38(28-31)37-15-7-9-17-41(37)47(42)32-12-4-3-5-13-32/h3-29,35,39H,1-2H3. The van der Waals surface area contributed by atoms with Gasteiger partial charge in [-0.25, -0.2) is 4.98 Å². The first-order valence-corrected chi connectivity index (χ1v) is 16.5. The molecule has 5 aromatic carbocycles. The lowest BCUT2D eigenvalue weighted by atomic mass is 9.74. The maximum atomic E-state index is 4.81. The van der Waals surface area contributed by atoms with E-state index in [9.17, 15) is 0 Å². The second-order valence-corrected chi connectivity index (χ2v) is 13.3. The van der Waals surface area contributed by atoms with E-state index in [4.69, 9.17) is 4.98 Å². The van der Waals surface area contributed by atoms with E-state index < -0.39 is 0 Å². The van der Waals surface area contributed by atoms with Crippen LogP contribution in [-0.2, 0) is 5.41 Å². The molecule has 0 aliphatic heterocycles. The van der Waals surface area contributed by atoms with E-state index in [0.717, 1.165) is 17.2 Å². The fourth-order valence-corrected chi connectivity index (χ4v) is 8.02. The molecule has 0 saturated heterocycles. The number of anilines is 3. The van der Waals surface area contributed by atoms with Crippen molar-refractivity contribution in [2.75, 3.05) is 4.90 Å². The second kappa shape index (κ2) is 10.7. The van der Waals surface area contributed by atoms with Gasteiger partial charge in [-0.15, -0.1) is 0 Å². The van der Waals surface area contributed by atoms with Gasteiger partial charge >= 0.3 is 0 Å². The van der Waals surface area contributed by atoms with Gasteiger partial charge in [-0.2, -0.15) is 0 Å². The molecule has 2 aliphatic rings. The molecule has 0 fully saturated rings. The summed E-state index contributed by atoms with van der Waals surface area (Å²) in [6.07, 6.45) is 11.0. The molecule has 0 N–H and O–H groups in total. The van der Waals surface area contributed by atoms with Gasteiger partial charge in [0.2, 0.25) is 0 Å². The molecule has 2 unspecified atom stereocenters. The fourth-order valence-electron chi connectivity index (χ4n) is 8.02. The predicted molar refractivity (Wildman–Crippen MR) is 196 cm³/mol. The van der Waals surface area contributed by atoms with E-state index >= 15 is 0 Å². The molecule has 47 heavy (non-hydrogen) atoms. The summed E-state index contributed by atoms with van der Waals surface area (Å²) in [6, 6.07) is 48.2. The molecule has 3 nitrogen and oxygen atoms in total. The van der Waals surface area contributed by atoms with Crippen molar-refractivity contribution in [2.45, 2.75) is 25.2 Å². The lowest BCUT2D eigenvalue weighted by molar-refractivity contribution is 0.394. The first-order valence-electron chi connectivity index (χ1n) is 16.5. The number of para-hydroxylation sites is 2.